The highest BCUT2D eigenvalue weighted by Gasteiger charge is 2.42. The molecule has 0 aliphatic heterocycles. The second kappa shape index (κ2) is 5.99. The molecule has 1 aliphatic carbocycles. The molecule has 0 spiro atoms. The molecule has 1 aromatic heterocycles. The zero-order chi connectivity index (χ0) is 14.8. The van der Waals surface area contributed by atoms with Crippen LogP contribution in [0.1, 0.15) is 25.7 Å². The van der Waals surface area contributed by atoms with E-state index >= 15 is 0 Å². The molecule has 110 valence electrons. The highest BCUT2D eigenvalue weighted by Crippen LogP contribution is 2.39. The van der Waals surface area contributed by atoms with Crippen molar-refractivity contribution in [2.24, 2.45) is 11.8 Å². The summed E-state index contributed by atoms with van der Waals surface area (Å²) in [6, 6.07) is 3.09. The van der Waals surface area contributed by atoms with Crippen LogP contribution in [0.15, 0.2) is 18.3 Å². The molecule has 0 radical (unpaired) electrons. The Balaban J connectivity index is 1.89. The SMILES string of the molecule is O=C(Nc1ccnc(Cl)c1)C1CCC(C(F)(F)F)CC1. The lowest BCUT2D eigenvalue weighted by Crippen LogP contribution is -2.32. The second-order valence-corrected chi connectivity index (χ2v) is 5.33. The van der Waals surface area contributed by atoms with Gasteiger partial charge < -0.3 is 5.32 Å². The first-order valence-corrected chi connectivity index (χ1v) is 6.73. The Hall–Kier alpha value is -1.30. The van der Waals surface area contributed by atoms with Gasteiger partial charge >= 0.3 is 6.18 Å². The summed E-state index contributed by atoms with van der Waals surface area (Å²) < 4.78 is 37.6. The third-order valence-electron chi connectivity index (χ3n) is 3.55. The van der Waals surface area contributed by atoms with Crippen molar-refractivity contribution < 1.29 is 18.0 Å². The minimum Gasteiger partial charge on any atom is -0.326 e. The molecule has 20 heavy (non-hydrogen) atoms. The van der Waals surface area contributed by atoms with E-state index < -0.39 is 12.1 Å². The second-order valence-electron chi connectivity index (χ2n) is 4.95. The lowest BCUT2D eigenvalue weighted by molar-refractivity contribution is -0.184. The number of amides is 1. The monoisotopic (exact) mass is 306 g/mol. The average molecular weight is 307 g/mol. The number of halogens is 4. The largest absolute Gasteiger partial charge is 0.391 e. The summed E-state index contributed by atoms with van der Waals surface area (Å²) in [7, 11) is 0. The van der Waals surface area contributed by atoms with Crippen LogP contribution in [0.25, 0.3) is 0 Å². The Morgan fingerprint density at radius 3 is 2.50 bits per heavy atom. The number of carbonyl (C=O) groups is 1. The Bertz CT molecular complexity index is 485. The van der Waals surface area contributed by atoms with Crippen LogP contribution in [0.4, 0.5) is 18.9 Å². The fourth-order valence-corrected chi connectivity index (χ4v) is 2.58. The summed E-state index contributed by atoms with van der Waals surface area (Å²) in [5.74, 6) is -1.91. The van der Waals surface area contributed by atoms with Crippen LogP contribution in [0.2, 0.25) is 5.15 Å². The van der Waals surface area contributed by atoms with Crippen molar-refractivity contribution in [2.75, 3.05) is 5.32 Å². The van der Waals surface area contributed by atoms with Gasteiger partial charge in [0, 0.05) is 17.8 Å². The van der Waals surface area contributed by atoms with Crippen molar-refractivity contribution in [3.05, 3.63) is 23.5 Å². The zero-order valence-corrected chi connectivity index (χ0v) is 11.3. The molecule has 0 aromatic carbocycles. The zero-order valence-electron chi connectivity index (χ0n) is 10.6. The van der Waals surface area contributed by atoms with Crippen LogP contribution in [0.3, 0.4) is 0 Å². The van der Waals surface area contributed by atoms with Gasteiger partial charge in [-0.3, -0.25) is 4.79 Å². The van der Waals surface area contributed by atoms with Crippen LogP contribution in [0.5, 0.6) is 0 Å². The number of nitrogens with zero attached hydrogens (tertiary/aromatic N) is 1. The van der Waals surface area contributed by atoms with E-state index in [4.69, 9.17) is 11.6 Å². The van der Waals surface area contributed by atoms with Crippen molar-refractivity contribution in [2.45, 2.75) is 31.9 Å². The number of hydrogen-bond donors (Lipinski definition) is 1. The molecule has 7 heteroatoms. The van der Waals surface area contributed by atoms with Crippen molar-refractivity contribution in [3.63, 3.8) is 0 Å². The highest BCUT2D eigenvalue weighted by atomic mass is 35.5. The quantitative estimate of drug-likeness (QED) is 0.838. The minimum atomic E-state index is -4.15. The smallest absolute Gasteiger partial charge is 0.326 e. The summed E-state index contributed by atoms with van der Waals surface area (Å²) in [4.78, 5) is 15.8. The van der Waals surface area contributed by atoms with Gasteiger partial charge in [-0.25, -0.2) is 4.98 Å². The Labute approximate surface area is 119 Å². The van der Waals surface area contributed by atoms with Crippen molar-refractivity contribution >= 4 is 23.2 Å². The van der Waals surface area contributed by atoms with Crippen molar-refractivity contribution in [1.82, 2.24) is 4.98 Å². The van der Waals surface area contributed by atoms with Gasteiger partial charge in [-0.15, -0.1) is 0 Å². The van der Waals surface area contributed by atoms with Crippen LogP contribution >= 0.6 is 11.6 Å². The van der Waals surface area contributed by atoms with Gasteiger partial charge in [0.2, 0.25) is 5.91 Å². The molecule has 1 aliphatic rings. The Kier molecular flexibility index (Phi) is 4.52. The van der Waals surface area contributed by atoms with Gasteiger partial charge in [-0.05, 0) is 37.8 Å². The average Bonchev–Trinajstić information content (AvgIpc) is 2.38. The molecule has 0 bridgehead atoms. The van der Waals surface area contributed by atoms with Crippen LogP contribution in [0, 0.1) is 11.8 Å². The van der Waals surface area contributed by atoms with Crippen LogP contribution in [-0.2, 0) is 4.79 Å². The molecule has 1 heterocycles. The van der Waals surface area contributed by atoms with Crippen LogP contribution < -0.4 is 5.32 Å². The Morgan fingerprint density at radius 1 is 1.30 bits per heavy atom. The molecule has 1 fully saturated rings. The van der Waals surface area contributed by atoms with Crippen molar-refractivity contribution in [3.8, 4) is 0 Å². The maximum absolute atomic E-state index is 12.5. The van der Waals surface area contributed by atoms with Gasteiger partial charge in [0.25, 0.3) is 0 Å². The number of anilines is 1. The lowest BCUT2D eigenvalue weighted by atomic mass is 9.81. The van der Waals surface area contributed by atoms with E-state index in [-0.39, 0.29) is 42.7 Å². The predicted octanol–water partition coefficient (Wildman–Crippen LogP) is 4.04. The van der Waals surface area contributed by atoms with E-state index in [1.807, 2.05) is 0 Å². The van der Waals surface area contributed by atoms with Gasteiger partial charge in [0.05, 0.1) is 5.92 Å². The molecule has 0 saturated heterocycles. The minimum absolute atomic E-state index is 0.0126. The molecular weight excluding hydrogens is 293 g/mol. The molecule has 1 N–H and O–H groups in total. The van der Waals surface area contributed by atoms with Gasteiger partial charge in [-0.1, -0.05) is 11.6 Å². The lowest BCUT2D eigenvalue weighted by Gasteiger charge is -2.29. The summed E-state index contributed by atoms with van der Waals surface area (Å²) in [6.45, 7) is 0. The fraction of sp³-hybridized carbons (Fsp3) is 0.538. The summed E-state index contributed by atoms with van der Waals surface area (Å²) >= 11 is 5.70. The maximum atomic E-state index is 12.5. The summed E-state index contributed by atoms with van der Waals surface area (Å²) in [6.07, 6.45) is -2.15. The summed E-state index contributed by atoms with van der Waals surface area (Å²) in [5.41, 5.74) is 0.507. The number of nitrogens with one attached hydrogen (secondary N) is 1. The molecule has 0 atom stereocenters. The van der Waals surface area contributed by atoms with E-state index in [9.17, 15) is 18.0 Å². The number of rotatable bonds is 2. The normalized spacial score (nSPS) is 23.4. The number of carbonyl (C=O) groups excluding carboxylic acids is 1. The molecule has 1 amide bonds. The molecular formula is C13H14ClF3N2O. The number of pyridine rings is 1. The first-order valence-electron chi connectivity index (χ1n) is 6.35. The van der Waals surface area contributed by atoms with Gasteiger partial charge in [0.1, 0.15) is 5.15 Å². The van der Waals surface area contributed by atoms with E-state index in [0.717, 1.165) is 0 Å². The standard InChI is InChI=1S/C13H14ClF3N2O/c14-11-7-10(5-6-18-11)19-12(20)8-1-3-9(4-2-8)13(15,16)17/h5-9H,1-4H2,(H,18,19,20). The number of hydrogen-bond acceptors (Lipinski definition) is 2. The number of aromatic nitrogens is 1. The third kappa shape index (κ3) is 3.85. The predicted molar refractivity (Wildman–Crippen MR) is 69.4 cm³/mol. The van der Waals surface area contributed by atoms with Crippen molar-refractivity contribution in [1.29, 1.82) is 0 Å². The fourth-order valence-electron chi connectivity index (χ4n) is 2.41. The maximum Gasteiger partial charge on any atom is 0.391 e. The van der Waals surface area contributed by atoms with E-state index in [0.29, 0.717) is 5.69 Å². The van der Waals surface area contributed by atoms with Gasteiger partial charge in [0.15, 0.2) is 0 Å². The number of alkyl halides is 3. The molecule has 1 saturated carbocycles. The van der Waals surface area contributed by atoms with Crippen LogP contribution in [-0.4, -0.2) is 17.1 Å². The third-order valence-corrected chi connectivity index (χ3v) is 3.76. The first kappa shape index (κ1) is 15.1. The molecule has 1 aromatic rings. The molecule has 2 rings (SSSR count). The molecule has 3 nitrogen and oxygen atoms in total. The van der Waals surface area contributed by atoms with E-state index in [1.165, 1.54) is 12.3 Å². The topological polar surface area (TPSA) is 42.0 Å². The molecule has 0 unspecified atom stereocenters. The highest BCUT2D eigenvalue weighted by molar-refractivity contribution is 6.29. The van der Waals surface area contributed by atoms with Gasteiger partial charge in [-0.2, -0.15) is 13.2 Å². The van der Waals surface area contributed by atoms with E-state index in [1.54, 1.807) is 6.07 Å². The summed E-state index contributed by atoms with van der Waals surface area (Å²) in [5, 5.41) is 2.91. The Morgan fingerprint density at radius 2 is 1.95 bits per heavy atom. The first-order chi connectivity index (χ1) is 9.36. The van der Waals surface area contributed by atoms with E-state index in [2.05, 4.69) is 10.3 Å².